The lowest BCUT2D eigenvalue weighted by molar-refractivity contribution is 0.0177. The van der Waals surface area contributed by atoms with Crippen molar-refractivity contribution in [1.29, 1.82) is 0 Å². The van der Waals surface area contributed by atoms with Gasteiger partial charge >= 0.3 is 6.09 Å². The molecule has 0 atom stereocenters. The number of likely N-dealkylation sites (tertiary alicyclic amines) is 1. The lowest BCUT2D eigenvalue weighted by atomic mass is 9.92. The fraction of sp³-hybridized carbons (Fsp3) is 0.600. The minimum atomic E-state index is -0.449. The molecule has 1 aromatic heterocycles. The van der Waals surface area contributed by atoms with Gasteiger partial charge < -0.3 is 20.1 Å². The monoisotopic (exact) mass is 442 g/mol. The summed E-state index contributed by atoms with van der Waals surface area (Å²) in [5.41, 5.74) is 7.55. The summed E-state index contributed by atoms with van der Waals surface area (Å²) >= 11 is 0. The van der Waals surface area contributed by atoms with Gasteiger partial charge in [-0.15, -0.1) is 0 Å². The van der Waals surface area contributed by atoms with Crippen LogP contribution >= 0.6 is 0 Å². The highest BCUT2D eigenvalue weighted by atomic mass is 16.6. The van der Waals surface area contributed by atoms with E-state index < -0.39 is 5.60 Å². The van der Waals surface area contributed by atoms with Crippen LogP contribution in [0.1, 0.15) is 66.5 Å². The van der Waals surface area contributed by atoms with Crippen molar-refractivity contribution in [3.63, 3.8) is 0 Å². The van der Waals surface area contributed by atoms with Gasteiger partial charge in [-0.2, -0.15) is 5.10 Å². The number of carbonyl (C=O) groups excluding carboxylic acids is 1. The number of carbonyl (C=O) groups is 1. The number of aromatic nitrogens is 2. The molecule has 0 aliphatic carbocycles. The number of benzene rings is 1. The number of nitrogen functional groups attached to an aromatic ring is 1. The molecule has 1 aliphatic heterocycles. The van der Waals surface area contributed by atoms with E-state index in [0.29, 0.717) is 18.3 Å². The average molecular weight is 443 g/mol. The van der Waals surface area contributed by atoms with Crippen LogP contribution in [0.5, 0.6) is 5.75 Å². The number of nitrogens with two attached hydrogens (primary N) is 1. The molecule has 0 radical (unpaired) electrons. The molecule has 7 nitrogen and oxygen atoms in total. The van der Waals surface area contributed by atoms with Gasteiger partial charge in [0.25, 0.3) is 0 Å². The first-order valence-corrected chi connectivity index (χ1v) is 11.5. The topological polar surface area (TPSA) is 82.6 Å². The molecule has 0 unspecified atom stereocenters. The van der Waals surface area contributed by atoms with Gasteiger partial charge in [0.2, 0.25) is 0 Å². The maximum absolute atomic E-state index is 12.2. The van der Waals surface area contributed by atoms with E-state index in [2.05, 4.69) is 25.9 Å². The number of ether oxygens (including phenoxy) is 2. The zero-order chi connectivity index (χ0) is 23.5. The Morgan fingerprint density at radius 1 is 1.09 bits per heavy atom. The summed E-state index contributed by atoms with van der Waals surface area (Å²) in [4.78, 5) is 14.0. The number of anilines is 1. The Hall–Kier alpha value is -2.70. The van der Waals surface area contributed by atoms with Gasteiger partial charge in [-0.3, -0.25) is 0 Å². The van der Waals surface area contributed by atoms with Crippen LogP contribution in [-0.2, 0) is 10.2 Å². The smallest absolute Gasteiger partial charge is 0.410 e. The van der Waals surface area contributed by atoms with Crippen LogP contribution in [-0.4, -0.2) is 46.1 Å². The van der Waals surface area contributed by atoms with Crippen molar-refractivity contribution in [2.24, 2.45) is 5.92 Å². The van der Waals surface area contributed by atoms with Crippen LogP contribution in [0.25, 0.3) is 5.69 Å². The Balaban J connectivity index is 1.45. The second kappa shape index (κ2) is 9.43. The lowest BCUT2D eigenvalue weighted by Gasteiger charge is -2.33. The summed E-state index contributed by atoms with van der Waals surface area (Å²) < 4.78 is 13.2. The fourth-order valence-corrected chi connectivity index (χ4v) is 3.73. The maximum Gasteiger partial charge on any atom is 0.410 e. The molecule has 2 heterocycles. The van der Waals surface area contributed by atoms with E-state index >= 15 is 0 Å². The molecule has 2 N–H and O–H groups in total. The van der Waals surface area contributed by atoms with Gasteiger partial charge in [-0.25, -0.2) is 9.48 Å². The number of hydrogen-bond donors (Lipinski definition) is 1. The van der Waals surface area contributed by atoms with Gasteiger partial charge in [0, 0.05) is 24.6 Å². The second-order valence-electron chi connectivity index (χ2n) is 10.7. The Morgan fingerprint density at radius 2 is 1.72 bits per heavy atom. The molecule has 1 aromatic carbocycles. The Labute approximate surface area is 191 Å². The third-order valence-electron chi connectivity index (χ3n) is 5.65. The van der Waals surface area contributed by atoms with Crippen molar-refractivity contribution >= 4 is 11.9 Å². The van der Waals surface area contributed by atoms with Crippen LogP contribution in [0.4, 0.5) is 10.6 Å². The van der Waals surface area contributed by atoms with Crippen LogP contribution in [0, 0.1) is 5.92 Å². The van der Waals surface area contributed by atoms with Gasteiger partial charge in [0.15, 0.2) is 0 Å². The van der Waals surface area contributed by atoms with E-state index in [1.165, 1.54) is 0 Å². The number of hydrogen-bond acceptors (Lipinski definition) is 5. The Kier molecular flexibility index (Phi) is 7.06. The van der Waals surface area contributed by atoms with Crippen LogP contribution in [0.2, 0.25) is 0 Å². The lowest BCUT2D eigenvalue weighted by Crippen LogP contribution is -2.41. The molecule has 7 heteroatoms. The van der Waals surface area contributed by atoms with Gasteiger partial charge in [0.05, 0.1) is 18.0 Å². The largest absolute Gasteiger partial charge is 0.494 e. The van der Waals surface area contributed by atoms with Crippen molar-refractivity contribution < 1.29 is 14.3 Å². The molecule has 1 amide bonds. The highest BCUT2D eigenvalue weighted by Crippen LogP contribution is 2.26. The van der Waals surface area contributed by atoms with Crippen molar-refractivity contribution in [2.75, 3.05) is 25.4 Å². The van der Waals surface area contributed by atoms with Crippen molar-refractivity contribution in [3.05, 3.63) is 36.0 Å². The molecular formula is C25H38N4O3. The first-order valence-electron chi connectivity index (χ1n) is 11.5. The van der Waals surface area contributed by atoms with Crippen LogP contribution < -0.4 is 10.5 Å². The molecule has 1 fully saturated rings. The predicted octanol–water partition coefficient (Wildman–Crippen LogP) is 5.17. The highest BCUT2D eigenvalue weighted by molar-refractivity contribution is 5.68. The minimum Gasteiger partial charge on any atom is -0.494 e. The SMILES string of the molecule is CC(C)(C)OC(=O)N1CCC(CCOc2ccc(-n3nc(C(C)(C)C)cc3N)cc2)CC1. The van der Waals surface area contributed by atoms with Crippen molar-refractivity contribution in [3.8, 4) is 11.4 Å². The predicted molar refractivity (Wildman–Crippen MR) is 127 cm³/mol. The summed E-state index contributed by atoms with van der Waals surface area (Å²) in [6.45, 7) is 14.2. The van der Waals surface area contributed by atoms with E-state index in [1.807, 2.05) is 56.0 Å². The molecule has 1 aliphatic rings. The zero-order valence-corrected chi connectivity index (χ0v) is 20.4. The van der Waals surface area contributed by atoms with Gasteiger partial charge in [-0.05, 0) is 70.2 Å². The summed E-state index contributed by atoms with van der Waals surface area (Å²) in [5, 5.41) is 4.66. The van der Waals surface area contributed by atoms with Crippen LogP contribution in [0.3, 0.4) is 0 Å². The molecule has 176 valence electrons. The molecule has 0 bridgehead atoms. The maximum atomic E-state index is 12.2. The molecule has 1 saturated heterocycles. The normalized spacial score (nSPS) is 15.6. The summed E-state index contributed by atoms with van der Waals surface area (Å²) in [7, 11) is 0. The quantitative estimate of drug-likeness (QED) is 0.691. The number of nitrogens with zero attached hydrogens (tertiary/aromatic N) is 3. The first-order chi connectivity index (χ1) is 14.9. The molecular weight excluding hydrogens is 404 g/mol. The zero-order valence-electron chi connectivity index (χ0n) is 20.4. The summed E-state index contributed by atoms with van der Waals surface area (Å²) in [6.07, 6.45) is 2.73. The summed E-state index contributed by atoms with van der Waals surface area (Å²) in [6, 6.07) is 9.80. The van der Waals surface area contributed by atoms with E-state index in [-0.39, 0.29) is 11.5 Å². The van der Waals surface area contributed by atoms with E-state index in [9.17, 15) is 4.79 Å². The average Bonchev–Trinajstić information content (AvgIpc) is 3.10. The van der Waals surface area contributed by atoms with E-state index in [0.717, 1.165) is 49.5 Å². The second-order valence-corrected chi connectivity index (χ2v) is 10.7. The fourth-order valence-electron chi connectivity index (χ4n) is 3.73. The third kappa shape index (κ3) is 6.40. The number of rotatable bonds is 5. The molecule has 0 spiro atoms. The highest BCUT2D eigenvalue weighted by Gasteiger charge is 2.26. The van der Waals surface area contributed by atoms with Crippen molar-refractivity contribution in [2.45, 2.75) is 71.8 Å². The third-order valence-corrected chi connectivity index (χ3v) is 5.65. The van der Waals surface area contributed by atoms with Crippen LogP contribution in [0.15, 0.2) is 30.3 Å². The Bertz CT molecular complexity index is 899. The molecule has 2 aromatic rings. The Morgan fingerprint density at radius 3 is 2.25 bits per heavy atom. The minimum absolute atomic E-state index is 0.0501. The molecule has 32 heavy (non-hydrogen) atoms. The number of amides is 1. The molecule has 0 saturated carbocycles. The van der Waals surface area contributed by atoms with E-state index in [4.69, 9.17) is 15.2 Å². The van der Waals surface area contributed by atoms with E-state index in [1.54, 1.807) is 4.68 Å². The van der Waals surface area contributed by atoms with Gasteiger partial charge in [-0.1, -0.05) is 20.8 Å². The van der Waals surface area contributed by atoms with Crippen molar-refractivity contribution in [1.82, 2.24) is 14.7 Å². The molecule has 3 rings (SSSR count). The number of piperidine rings is 1. The summed E-state index contributed by atoms with van der Waals surface area (Å²) in [5.74, 6) is 2.02. The standard InChI is InChI=1S/C25H38N4O3/c1-24(2,3)21-17-22(26)29(27-21)19-7-9-20(10-8-19)31-16-13-18-11-14-28(15-12-18)23(30)32-25(4,5)6/h7-10,17-18H,11-16,26H2,1-6H3. The van der Waals surface area contributed by atoms with Gasteiger partial charge in [0.1, 0.15) is 17.2 Å². The first kappa shape index (κ1) is 24.0.